The summed E-state index contributed by atoms with van der Waals surface area (Å²) < 4.78 is 0. The number of nitrogens with zero attached hydrogens (tertiary/aromatic N) is 3. The number of hydrogen-bond donors (Lipinski definition) is 0. The minimum atomic E-state index is -1.17. The van der Waals surface area contributed by atoms with E-state index in [0.29, 0.717) is 18.5 Å². The monoisotopic (exact) mass is 447 g/mol. The van der Waals surface area contributed by atoms with Crippen molar-refractivity contribution in [1.82, 2.24) is 14.8 Å². The van der Waals surface area contributed by atoms with Gasteiger partial charge in [0.1, 0.15) is 0 Å². The summed E-state index contributed by atoms with van der Waals surface area (Å²) in [5, 5.41) is 1.92. The van der Waals surface area contributed by atoms with Crippen LogP contribution in [0.4, 0.5) is 0 Å². The van der Waals surface area contributed by atoms with E-state index in [0.717, 1.165) is 10.6 Å². The molecule has 0 spiro atoms. The van der Waals surface area contributed by atoms with Crippen LogP contribution in [0.15, 0.2) is 72.2 Å². The first-order chi connectivity index (χ1) is 15.5. The van der Waals surface area contributed by atoms with Gasteiger partial charge >= 0.3 is 0 Å². The number of aromatic nitrogens is 1. The van der Waals surface area contributed by atoms with Gasteiger partial charge in [-0.1, -0.05) is 42.5 Å². The van der Waals surface area contributed by atoms with Crippen LogP contribution in [0.3, 0.4) is 0 Å². The lowest BCUT2D eigenvalue weighted by Crippen LogP contribution is -2.42. The Labute approximate surface area is 191 Å². The highest BCUT2D eigenvalue weighted by molar-refractivity contribution is 7.09. The average molecular weight is 448 g/mol. The van der Waals surface area contributed by atoms with Crippen molar-refractivity contribution >= 4 is 29.1 Å². The highest BCUT2D eigenvalue weighted by Gasteiger charge is 2.53. The molecule has 2 aromatic heterocycles. The second-order valence-electron chi connectivity index (χ2n) is 8.05. The predicted molar refractivity (Wildman–Crippen MR) is 123 cm³/mol. The molecule has 0 N–H and O–H groups in total. The Morgan fingerprint density at radius 3 is 2.56 bits per heavy atom. The quantitative estimate of drug-likeness (QED) is 0.496. The second kappa shape index (κ2) is 9.44. The number of likely N-dealkylation sites (N-methyl/N-ethyl adjacent to an activating group) is 1. The topological polar surface area (TPSA) is 70.6 Å². The Kier molecular flexibility index (Phi) is 6.46. The van der Waals surface area contributed by atoms with E-state index in [2.05, 4.69) is 4.98 Å². The highest BCUT2D eigenvalue weighted by atomic mass is 32.1. The number of hydrogen-bond acceptors (Lipinski definition) is 5. The maximum Gasteiger partial charge on any atom is 0.241 e. The van der Waals surface area contributed by atoms with Crippen molar-refractivity contribution in [1.29, 1.82) is 0 Å². The Balaban J connectivity index is 1.55. The largest absolute Gasteiger partial charge is 0.345 e. The first-order valence-electron chi connectivity index (χ1n) is 10.6. The Morgan fingerprint density at radius 1 is 1.09 bits per heavy atom. The van der Waals surface area contributed by atoms with Crippen LogP contribution < -0.4 is 0 Å². The molecular weight excluding hydrogens is 422 g/mol. The highest BCUT2D eigenvalue weighted by Crippen LogP contribution is 2.41. The summed E-state index contributed by atoms with van der Waals surface area (Å²) >= 11 is 1.51. The predicted octanol–water partition coefficient (Wildman–Crippen LogP) is 3.43. The van der Waals surface area contributed by atoms with Gasteiger partial charge < -0.3 is 4.90 Å². The number of thiophene rings is 1. The maximum absolute atomic E-state index is 13.6. The first kappa shape index (κ1) is 21.9. The summed E-state index contributed by atoms with van der Waals surface area (Å²) in [5.41, 5.74) is 0.434. The zero-order chi connectivity index (χ0) is 22.6. The van der Waals surface area contributed by atoms with E-state index in [-0.39, 0.29) is 37.1 Å². The van der Waals surface area contributed by atoms with Gasteiger partial charge in [-0.05, 0) is 29.1 Å². The molecule has 0 unspecified atom stereocenters. The maximum atomic E-state index is 13.6. The van der Waals surface area contributed by atoms with Gasteiger partial charge in [-0.3, -0.25) is 24.3 Å². The van der Waals surface area contributed by atoms with Crippen LogP contribution in [-0.4, -0.2) is 46.1 Å². The third-order valence-corrected chi connectivity index (χ3v) is 6.80. The third kappa shape index (κ3) is 4.48. The number of pyridine rings is 1. The van der Waals surface area contributed by atoms with Crippen LogP contribution in [0.25, 0.3) is 0 Å². The van der Waals surface area contributed by atoms with Crippen LogP contribution in [0.1, 0.15) is 29.0 Å². The van der Waals surface area contributed by atoms with Crippen molar-refractivity contribution in [3.63, 3.8) is 0 Å². The van der Waals surface area contributed by atoms with E-state index in [1.54, 1.807) is 18.1 Å². The smallest absolute Gasteiger partial charge is 0.241 e. The molecule has 1 aliphatic rings. The molecule has 1 atom stereocenters. The van der Waals surface area contributed by atoms with Crippen molar-refractivity contribution in [2.75, 3.05) is 13.6 Å². The van der Waals surface area contributed by atoms with Gasteiger partial charge in [0.25, 0.3) is 0 Å². The summed E-state index contributed by atoms with van der Waals surface area (Å²) in [6.45, 7) is 0.732. The molecule has 1 aromatic carbocycles. The fourth-order valence-corrected chi connectivity index (χ4v) is 4.78. The second-order valence-corrected chi connectivity index (χ2v) is 9.08. The van der Waals surface area contributed by atoms with E-state index >= 15 is 0 Å². The van der Waals surface area contributed by atoms with Crippen LogP contribution in [0, 0.1) is 0 Å². The van der Waals surface area contributed by atoms with Crippen molar-refractivity contribution in [3.05, 3.63) is 88.4 Å². The summed E-state index contributed by atoms with van der Waals surface area (Å²) in [7, 11) is 1.73. The lowest BCUT2D eigenvalue weighted by atomic mass is 9.75. The van der Waals surface area contributed by atoms with Gasteiger partial charge in [0.15, 0.2) is 0 Å². The lowest BCUT2D eigenvalue weighted by molar-refractivity contribution is -0.143. The van der Waals surface area contributed by atoms with E-state index in [9.17, 15) is 14.4 Å². The molecular formula is C25H25N3O3S. The van der Waals surface area contributed by atoms with Crippen LogP contribution in [-0.2, 0) is 32.8 Å². The Bertz CT molecular complexity index is 1090. The molecule has 1 aliphatic heterocycles. The average Bonchev–Trinajstić information content (AvgIpc) is 3.42. The van der Waals surface area contributed by atoms with Crippen LogP contribution in [0.5, 0.6) is 0 Å². The van der Waals surface area contributed by atoms with Gasteiger partial charge in [-0.25, -0.2) is 0 Å². The van der Waals surface area contributed by atoms with Gasteiger partial charge in [-0.2, -0.15) is 0 Å². The molecule has 164 valence electrons. The lowest BCUT2D eigenvalue weighted by Gasteiger charge is -2.29. The zero-order valence-corrected chi connectivity index (χ0v) is 18.8. The molecule has 3 aromatic rings. The standard InChI is InChI=1S/C25H25N3O3S/c1-27(14-12-20-10-5-6-13-26-20)22(29)16-25(19-8-3-2-4-9-19)17-23(30)28(24(25)31)18-21-11-7-15-32-21/h2-11,13,15H,12,14,16-18H2,1H3/t25-/m1/s1. The molecule has 1 fully saturated rings. The van der Waals surface area contributed by atoms with Crippen molar-refractivity contribution in [2.24, 2.45) is 0 Å². The zero-order valence-electron chi connectivity index (χ0n) is 17.9. The van der Waals surface area contributed by atoms with Crippen molar-refractivity contribution in [2.45, 2.75) is 31.2 Å². The number of amides is 3. The SMILES string of the molecule is CN(CCc1ccccn1)C(=O)C[C@]1(c2ccccc2)CC(=O)N(Cc2cccs2)C1=O. The van der Waals surface area contributed by atoms with E-state index in [1.165, 1.54) is 16.2 Å². The summed E-state index contributed by atoms with van der Waals surface area (Å²) in [6, 6.07) is 18.7. The fraction of sp³-hybridized carbons (Fsp3) is 0.280. The molecule has 0 saturated carbocycles. The minimum absolute atomic E-state index is 0.00103. The van der Waals surface area contributed by atoms with E-state index in [4.69, 9.17) is 0 Å². The molecule has 0 radical (unpaired) electrons. The Hall–Kier alpha value is -3.32. The van der Waals surface area contributed by atoms with Crippen molar-refractivity contribution < 1.29 is 14.4 Å². The summed E-state index contributed by atoms with van der Waals surface area (Å²) in [6.07, 6.45) is 2.31. The molecule has 32 heavy (non-hydrogen) atoms. The minimum Gasteiger partial charge on any atom is -0.345 e. The number of likely N-dealkylation sites (tertiary alicyclic amines) is 1. The number of carbonyl (C=O) groups excluding carboxylic acids is 3. The number of imide groups is 1. The molecule has 0 aliphatic carbocycles. The molecule has 0 bridgehead atoms. The molecule has 3 amide bonds. The third-order valence-electron chi connectivity index (χ3n) is 5.94. The van der Waals surface area contributed by atoms with Crippen LogP contribution >= 0.6 is 11.3 Å². The van der Waals surface area contributed by atoms with Crippen molar-refractivity contribution in [3.8, 4) is 0 Å². The van der Waals surface area contributed by atoms with Gasteiger partial charge in [0.2, 0.25) is 17.7 Å². The van der Waals surface area contributed by atoms with E-state index < -0.39 is 5.41 Å². The first-order valence-corrected chi connectivity index (χ1v) is 11.4. The summed E-state index contributed by atoms with van der Waals surface area (Å²) in [4.78, 5) is 47.9. The van der Waals surface area contributed by atoms with Crippen LogP contribution in [0.2, 0.25) is 0 Å². The van der Waals surface area contributed by atoms with Gasteiger partial charge in [-0.15, -0.1) is 11.3 Å². The summed E-state index contributed by atoms with van der Waals surface area (Å²) in [5.74, 6) is -0.700. The number of rotatable bonds is 8. The molecule has 7 heteroatoms. The number of carbonyl (C=O) groups is 3. The molecule has 1 saturated heterocycles. The van der Waals surface area contributed by atoms with E-state index in [1.807, 2.05) is 66.0 Å². The number of benzene rings is 1. The van der Waals surface area contributed by atoms with Gasteiger partial charge in [0.05, 0.1) is 12.0 Å². The molecule has 6 nitrogen and oxygen atoms in total. The molecule has 3 heterocycles. The normalized spacial score (nSPS) is 18.2. The van der Waals surface area contributed by atoms with Gasteiger partial charge in [0, 0.05) is 49.6 Å². The molecule has 4 rings (SSSR count). The Morgan fingerprint density at radius 2 is 1.88 bits per heavy atom. The fourth-order valence-electron chi connectivity index (χ4n) is 4.09.